The third-order valence-corrected chi connectivity index (χ3v) is 4.24. The van der Waals surface area contributed by atoms with Gasteiger partial charge in [-0.15, -0.1) is 0 Å². The molecule has 0 unspecified atom stereocenters. The molecule has 0 saturated heterocycles. The van der Waals surface area contributed by atoms with E-state index in [9.17, 15) is 0 Å². The molecule has 3 aromatic rings. The van der Waals surface area contributed by atoms with Crippen molar-refractivity contribution in [1.29, 1.82) is 0 Å². The van der Waals surface area contributed by atoms with Gasteiger partial charge in [0.2, 0.25) is 0 Å². The Balaban J connectivity index is 1.75. The van der Waals surface area contributed by atoms with Gasteiger partial charge >= 0.3 is 0 Å². The maximum Gasteiger partial charge on any atom is 0.279 e. The highest BCUT2D eigenvalue weighted by Crippen LogP contribution is 2.32. The first-order valence-corrected chi connectivity index (χ1v) is 7.99. The largest absolute Gasteiger partial charge is 0.431 e. The number of aromatic nitrogens is 1. The quantitative estimate of drug-likeness (QED) is 0.673. The summed E-state index contributed by atoms with van der Waals surface area (Å²) >= 11 is 1.51. The second-order valence-electron chi connectivity index (χ2n) is 5.06. The standard InChI is InChI=1S/C17H18N2OS/c1-2-3-4-12-5-8-14(9-6-12)20-17-19-15-10-7-13(18)11-16(15)21-17/h5-11H,2-4,18H2,1H3. The molecular weight excluding hydrogens is 280 g/mol. The molecule has 0 fully saturated rings. The van der Waals surface area contributed by atoms with E-state index < -0.39 is 0 Å². The Hall–Kier alpha value is -2.07. The maximum atomic E-state index is 5.83. The number of rotatable bonds is 5. The SMILES string of the molecule is CCCCc1ccc(Oc2nc3ccc(N)cc3s2)cc1. The fourth-order valence-corrected chi connectivity index (χ4v) is 3.05. The molecule has 21 heavy (non-hydrogen) atoms. The van der Waals surface area contributed by atoms with Gasteiger partial charge in [0.05, 0.1) is 10.2 Å². The van der Waals surface area contributed by atoms with Crippen molar-refractivity contribution in [2.45, 2.75) is 26.2 Å². The Labute approximate surface area is 128 Å². The third kappa shape index (κ3) is 3.34. The van der Waals surface area contributed by atoms with Crippen LogP contribution in [0.25, 0.3) is 10.2 Å². The minimum atomic E-state index is 0.650. The van der Waals surface area contributed by atoms with Crippen molar-refractivity contribution in [2.75, 3.05) is 5.73 Å². The molecule has 0 radical (unpaired) electrons. The Bertz CT molecular complexity index is 734. The number of nitrogens with two attached hydrogens (primary N) is 1. The number of anilines is 1. The molecule has 3 rings (SSSR count). The van der Waals surface area contributed by atoms with Crippen LogP contribution in [0.15, 0.2) is 42.5 Å². The highest BCUT2D eigenvalue weighted by atomic mass is 32.1. The van der Waals surface area contributed by atoms with Gasteiger partial charge in [-0.2, -0.15) is 0 Å². The molecule has 0 bridgehead atoms. The van der Waals surface area contributed by atoms with Gasteiger partial charge < -0.3 is 10.5 Å². The Morgan fingerprint density at radius 2 is 1.95 bits per heavy atom. The molecule has 0 atom stereocenters. The first kappa shape index (κ1) is 13.9. The average Bonchev–Trinajstić information content (AvgIpc) is 2.88. The zero-order chi connectivity index (χ0) is 14.7. The molecule has 0 aliphatic rings. The number of aryl methyl sites for hydroxylation is 1. The van der Waals surface area contributed by atoms with Crippen LogP contribution in [0.2, 0.25) is 0 Å². The fourth-order valence-electron chi connectivity index (χ4n) is 2.17. The first-order valence-electron chi connectivity index (χ1n) is 7.17. The van der Waals surface area contributed by atoms with E-state index >= 15 is 0 Å². The highest BCUT2D eigenvalue weighted by molar-refractivity contribution is 7.20. The number of hydrogen-bond acceptors (Lipinski definition) is 4. The van der Waals surface area contributed by atoms with E-state index in [1.807, 2.05) is 30.3 Å². The van der Waals surface area contributed by atoms with Crippen LogP contribution in [-0.4, -0.2) is 4.98 Å². The van der Waals surface area contributed by atoms with Gasteiger partial charge in [0, 0.05) is 5.69 Å². The summed E-state index contributed by atoms with van der Waals surface area (Å²) in [6.45, 7) is 2.21. The predicted molar refractivity (Wildman–Crippen MR) is 89.2 cm³/mol. The van der Waals surface area contributed by atoms with Crippen LogP contribution in [0.5, 0.6) is 10.9 Å². The topological polar surface area (TPSA) is 48.1 Å². The van der Waals surface area contributed by atoms with E-state index in [1.54, 1.807) is 0 Å². The number of ether oxygens (including phenoxy) is 1. The molecule has 0 saturated carbocycles. The van der Waals surface area contributed by atoms with Gasteiger partial charge in [0.15, 0.2) is 0 Å². The van der Waals surface area contributed by atoms with Crippen LogP contribution in [0.1, 0.15) is 25.3 Å². The molecule has 1 heterocycles. The minimum absolute atomic E-state index is 0.650. The van der Waals surface area contributed by atoms with Crippen molar-refractivity contribution in [1.82, 2.24) is 4.98 Å². The molecular formula is C17H18N2OS. The maximum absolute atomic E-state index is 5.83. The van der Waals surface area contributed by atoms with Crippen molar-refractivity contribution in [3.63, 3.8) is 0 Å². The van der Waals surface area contributed by atoms with Gasteiger partial charge in [-0.05, 0) is 48.7 Å². The number of nitrogens with zero attached hydrogens (tertiary/aromatic N) is 1. The van der Waals surface area contributed by atoms with Gasteiger partial charge in [0.1, 0.15) is 5.75 Å². The van der Waals surface area contributed by atoms with Gasteiger partial charge in [-0.3, -0.25) is 0 Å². The summed E-state index contributed by atoms with van der Waals surface area (Å²) in [5.41, 5.74) is 8.80. The number of unbranched alkanes of at least 4 members (excludes halogenated alkanes) is 1. The van der Waals surface area contributed by atoms with E-state index in [-0.39, 0.29) is 0 Å². The van der Waals surface area contributed by atoms with Crippen molar-refractivity contribution in [2.24, 2.45) is 0 Å². The Kier molecular flexibility index (Phi) is 4.06. The van der Waals surface area contributed by atoms with Crippen LogP contribution < -0.4 is 10.5 Å². The molecule has 0 spiro atoms. The fraction of sp³-hybridized carbons (Fsp3) is 0.235. The lowest BCUT2D eigenvalue weighted by atomic mass is 10.1. The summed E-state index contributed by atoms with van der Waals surface area (Å²) in [5.74, 6) is 0.822. The van der Waals surface area contributed by atoms with Crippen molar-refractivity contribution in [3.8, 4) is 10.9 Å². The zero-order valence-electron chi connectivity index (χ0n) is 12.0. The van der Waals surface area contributed by atoms with E-state index in [1.165, 1.54) is 29.7 Å². The van der Waals surface area contributed by atoms with Crippen molar-refractivity contribution >= 4 is 27.2 Å². The summed E-state index contributed by atoms with van der Waals surface area (Å²) < 4.78 is 6.88. The van der Waals surface area contributed by atoms with Crippen LogP contribution in [0.4, 0.5) is 5.69 Å². The van der Waals surface area contributed by atoms with Crippen molar-refractivity contribution < 1.29 is 4.74 Å². The first-order chi connectivity index (χ1) is 10.2. The normalized spacial score (nSPS) is 10.9. The molecule has 2 N–H and O–H groups in total. The van der Waals surface area contributed by atoms with Crippen LogP contribution >= 0.6 is 11.3 Å². The lowest BCUT2D eigenvalue weighted by Crippen LogP contribution is -1.86. The minimum Gasteiger partial charge on any atom is -0.431 e. The monoisotopic (exact) mass is 298 g/mol. The number of benzene rings is 2. The summed E-state index contributed by atoms with van der Waals surface area (Å²) in [4.78, 5) is 4.46. The second kappa shape index (κ2) is 6.14. The van der Waals surface area contributed by atoms with Gasteiger partial charge in [-0.25, -0.2) is 4.98 Å². The lowest BCUT2D eigenvalue weighted by molar-refractivity contribution is 0.480. The highest BCUT2D eigenvalue weighted by Gasteiger charge is 2.06. The predicted octanol–water partition coefficient (Wildman–Crippen LogP) is 5.01. The molecule has 0 aliphatic heterocycles. The number of fused-ring (bicyclic) bond motifs is 1. The summed E-state index contributed by atoms with van der Waals surface area (Å²) in [6, 6.07) is 14.0. The van der Waals surface area contributed by atoms with E-state index in [0.717, 1.165) is 28.1 Å². The molecule has 0 aliphatic carbocycles. The molecule has 2 aromatic carbocycles. The number of thiazole rings is 1. The zero-order valence-corrected chi connectivity index (χ0v) is 12.8. The lowest BCUT2D eigenvalue weighted by Gasteiger charge is -2.03. The van der Waals surface area contributed by atoms with Gasteiger partial charge in [-0.1, -0.05) is 36.8 Å². The van der Waals surface area contributed by atoms with E-state index in [2.05, 4.69) is 24.0 Å². The van der Waals surface area contributed by atoms with E-state index in [0.29, 0.717) is 5.19 Å². The van der Waals surface area contributed by atoms with Crippen LogP contribution in [0.3, 0.4) is 0 Å². The summed E-state index contributed by atoms with van der Waals surface area (Å²) in [5, 5.41) is 0.650. The van der Waals surface area contributed by atoms with E-state index in [4.69, 9.17) is 10.5 Å². The number of nitrogen functional groups attached to an aromatic ring is 1. The smallest absolute Gasteiger partial charge is 0.279 e. The van der Waals surface area contributed by atoms with Crippen LogP contribution in [-0.2, 0) is 6.42 Å². The molecule has 108 valence electrons. The molecule has 4 heteroatoms. The Morgan fingerprint density at radius 1 is 1.14 bits per heavy atom. The Morgan fingerprint density at radius 3 is 2.71 bits per heavy atom. The van der Waals surface area contributed by atoms with Crippen molar-refractivity contribution in [3.05, 3.63) is 48.0 Å². The third-order valence-electron chi connectivity index (χ3n) is 3.34. The summed E-state index contributed by atoms with van der Waals surface area (Å²) in [7, 11) is 0. The molecule has 1 aromatic heterocycles. The van der Waals surface area contributed by atoms with Crippen LogP contribution in [0, 0.1) is 0 Å². The average molecular weight is 298 g/mol. The molecule has 3 nitrogen and oxygen atoms in total. The molecule has 0 amide bonds. The number of hydrogen-bond donors (Lipinski definition) is 1. The van der Waals surface area contributed by atoms with Gasteiger partial charge in [0.25, 0.3) is 5.19 Å². The second-order valence-corrected chi connectivity index (χ2v) is 6.05. The summed E-state index contributed by atoms with van der Waals surface area (Å²) in [6.07, 6.45) is 3.56.